The van der Waals surface area contributed by atoms with Crippen molar-refractivity contribution in [1.29, 1.82) is 0 Å². The zero-order valence-corrected chi connectivity index (χ0v) is 14.5. The van der Waals surface area contributed by atoms with Gasteiger partial charge in [-0.1, -0.05) is 26.0 Å². The van der Waals surface area contributed by atoms with E-state index in [2.05, 4.69) is 10.4 Å². The minimum Gasteiger partial charge on any atom is -0.463 e. The second kappa shape index (κ2) is 6.93. The second-order valence-corrected chi connectivity index (χ2v) is 6.38. The smallest absolute Gasteiger partial charge is 0.245 e. The summed E-state index contributed by atoms with van der Waals surface area (Å²) < 4.78 is 5.44. The van der Waals surface area contributed by atoms with Crippen LogP contribution in [0.5, 0.6) is 0 Å². The van der Waals surface area contributed by atoms with Crippen LogP contribution in [0.25, 0.3) is 0 Å². The molecule has 0 unspecified atom stereocenters. The Balaban J connectivity index is 1.88. The lowest BCUT2D eigenvalue weighted by atomic mass is 10.00. The van der Waals surface area contributed by atoms with Crippen LogP contribution in [0.2, 0.25) is 0 Å². The predicted molar refractivity (Wildman–Crippen MR) is 95.0 cm³/mol. The third-order valence-electron chi connectivity index (χ3n) is 4.05. The van der Waals surface area contributed by atoms with Gasteiger partial charge in [-0.05, 0) is 29.8 Å². The fourth-order valence-electron chi connectivity index (χ4n) is 2.82. The molecule has 0 aliphatic carbocycles. The standard InChI is InChI=1S/C19H21N3O3/c1-12(2)19(24)22-17(11-16(21-22)18-5-4-10-25-18)14-6-8-15(9-7-14)20-13(3)23/h4-10,12,17H,11H2,1-3H3,(H,20,23)/t17-/m1/s1. The van der Waals surface area contributed by atoms with Gasteiger partial charge in [-0.2, -0.15) is 5.10 Å². The summed E-state index contributed by atoms with van der Waals surface area (Å²) in [5, 5.41) is 8.81. The van der Waals surface area contributed by atoms with E-state index in [0.29, 0.717) is 12.2 Å². The second-order valence-electron chi connectivity index (χ2n) is 6.38. The average molecular weight is 339 g/mol. The quantitative estimate of drug-likeness (QED) is 0.925. The minimum absolute atomic E-state index is 0.0301. The van der Waals surface area contributed by atoms with Crippen molar-refractivity contribution in [2.75, 3.05) is 5.32 Å². The van der Waals surface area contributed by atoms with Gasteiger partial charge in [-0.25, -0.2) is 5.01 Å². The third kappa shape index (κ3) is 3.63. The Hall–Kier alpha value is -2.89. The van der Waals surface area contributed by atoms with Crippen molar-refractivity contribution in [3.05, 3.63) is 54.0 Å². The first kappa shape index (κ1) is 17.0. The highest BCUT2D eigenvalue weighted by atomic mass is 16.3. The molecular formula is C19H21N3O3. The molecule has 25 heavy (non-hydrogen) atoms. The normalized spacial score (nSPS) is 16.9. The molecule has 130 valence electrons. The van der Waals surface area contributed by atoms with E-state index in [-0.39, 0.29) is 23.8 Å². The number of hydrogen-bond donors (Lipinski definition) is 1. The number of rotatable bonds is 4. The van der Waals surface area contributed by atoms with Crippen molar-refractivity contribution in [2.45, 2.75) is 33.2 Å². The van der Waals surface area contributed by atoms with Crippen LogP contribution in [-0.2, 0) is 9.59 Å². The summed E-state index contributed by atoms with van der Waals surface area (Å²) in [5.74, 6) is 0.380. The van der Waals surface area contributed by atoms with Gasteiger partial charge in [0, 0.05) is 24.9 Å². The fourth-order valence-corrected chi connectivity index (χ4v) is 2.82. The Bertz CT molecular complexity index is 792. The number of hydrogen-bond acceptors (Lipinski definition) is 4. The van der Waals surface area contributed by atoms with Crippen LogP contribution in [-0.4, -0.2) is 22.5 Å². The molecule has 3 rings (SSSR count). The molecule has 0 bridgehead atoms. The van der Waals surface area contributed by atoms with Crippen molar-refractivity contribution in [3.63, 3.8) is 0 Å². The first-order valence-corrected chi connectivity index (χ1v) is 8.27. The first-order valence-electron chi connectivity index (χ1n) is 8.27. The molecule has 0 saturated carbocycles. The van der Waals surface area contributed by atoms with E-state index in [1.165, 1.54) is 6.92 Å². The SMILES string of the molecule is CC(=O)Nc1ccc([C@H]2CC(c3ccco3)=NN2C(=O)C(C)C)cc1. The topological polar surface area (TPSA) is 74.9 Å². The van der Waals surface area contributed by atoms with Crippen LogP contribution in [0.15, 0.2) is 52.2 Å². The van der Waals surface area contributed by atoms with Gasteiger partial charge in [0.05, 0.1) is 12.3 Å². The molecule has 6 nitrogen and oxygen atoms in total. The molecule has 1 aromatic carbocycles. The van der Waals surface area contributed by atoms with Gasteiger partial charge < -0.3 is 9.73 Å². The highest BCUT2D eigenvalue weighted by Crippen LogP contribution is 2.34. The van der Waals surface area contributed by atoms with Gasteiger partial charge in [-0.3, -0.25) is 9.59 Å². The maximum absolute atomic E-state index is 12.6. The zero-order chi connectivity index (χ0) is 18.0. The summed E-state index contributed by atoms with van der Waals surface area (Å²) in [4.78, 5) is 23.7. The van der Waals surface area contributed by atoms with Crippen LogP contribution >= 0.6 is 0 Å². The van der Waals surface area contributed by atoms with E-state index < -0.39 is 0 Å². The van der Waals surface area contributed by atoms with Crippen LogP contribution in [0.3, 0.4) is 0 Å². The van der Waals surface area contributed by atoms with Gasteiger partial charge in [0.2, 0.25) is 11.8 Å². The van der Waals surface area contributed by atoms with Gasteiger partial charge >= 0.3 is 0 Å². The molecule has 0 spiro atoms. The Morgan fingerprint density at radius 3 is 2.52 bits per heavy atom. The maximum Gasteiger partial charge on any atom is 0.245 e. The van der Waals surface area contributed by atoms with Gasteiger partial charge in [0.25, 0.3) is 0 Å². The number of hydrazone groups is 1. The number of nitrogens with one attached hydrogen (secondary N) is 1. The van der Waals surface area contributed by atoms with E-state index in [9.17, 15) is 9.59 Å². The molecule has 1 N–H and O–H groups in total. The summed E-state index contributed by atoms with van der Waals surface area (Å²) in [6.07, 6.45) is 2.19. The number of nitrogens with zero attached hydrogens (tertiary/aromatic N) is 2. The van der Waals surface area contributed by atoms with Gasteiger partial charge in [0.15, 0.2) is 0 Å². The molecule has 0 radical (unpaired) electrons. The Morgan fingerprint density at radius 1 is 1.24 bits per heavy atom. The van der Waals surface area contributed by atoms with E-state index in [1.54, 1.807) is 11.3 Å². The molecule has 1 aliphatic rings. The molecule has 0 saturated heterocycles. The minimum atomic E-state index is -0.179. The molecule has 6 heteroatoms. The lowest BCUT2D eigenvalue weighted by molar-refractivity contribution is -0.136. The molecule has 2 amide bonds. The average Bonchev–Trinajstić information content (AvgIpc) is 3.23. The molecule has 1 atom stereocenters. The highest BCUT2D eigenvalue weighted by Gasteiger charge is 2.34. The third-order valence-corrected chi connectivity index (χ3v) is 4.05. The summed E-state index contributed by atoms with van der Waals surface area (Å²) in [6.45, 7) is 5.19. The van der Waals surface area contributed by atoms with Crippen molar-refractivity contribution in [1.82, 2.24) is 5.01 Å². The Kier molecular flexibility index (Phi) is 4.70. The lowest BCUT2D eigenvalue weighted by Crippen LogP contribution is -2.30. The summed E-state index contributed by atoms with van der Waals surface area (Å²) >= 11 is 0. The number of carbonyl (C=O) groups is 2. The van der Waals surface area contributed by atoms with Crippen molar-refractivity contribution >= 4 is 23.2 Å². The van der Waals surface area contributed by atoms with Crippen LogP contribution in [0.4, 0.5) is 5.69 Å². The first-order chi connectivity index (χ1) is 12.0. The van der Waals surface area contributed by atoms with E-state index in [4.69, 9.17) is 4.42 Å². The zero-order valence-electron chi connectivity index (χ0n) is 14.5. The van der Waals surface area contributed by atoms with Crippen LogP contribution < -0.4 is 5.32 Å². The number of benzene rings is 1. The van der Waals surface area contributed by atoms with Crippen LogP contribution in [0.1, 0.15) is 44.6 Å². The predicted octanol–water partition coefficient (Wildman–Crippen LogP) is 3.57. The maximum atomic E-state index is 12.6. The van der Waals surface area contributed by atoms with Crippen molar-refractivity contribution < 1.29 is 14.0 Å². The Labute approximate surface area is 146 Å². The highest BCUT2D eigenvalue weighted by molar-refractivity contribution is 6.01. The molecular weight excluding hydrogens is 318 g/mol. The van der Waals surface area contributed by atoms with E-state index in [1.807, 2.05) is 50.2 Å². The molecule has 1 aliphatic heterocycles. The number of amides is 2. The van der Waals surface area contributed by atoms with Crippen molar-refractivity contribution in [3.8, 4) is 0 Å². The molecule has 2 aromatic rings. The van der Waals surface area contributed by atoms with Crippen LogP contribution in [0, 0.1) is 5.92 Å². The van der Waals surface area contributed by atoms with Gasteiger partial charge in [0.1, 0.15) is 11.5 Å². The summed E-state index contributed by atoms with van der Waals surface area (Å²) in [6, 6.07) is 11.0. The lowest BCUT2D eigenvalue weighted by Gasteiger charge is -2.23. The molecule has 1 aromatic heterocycles. The fraction of sp³-hybridized carbons (Fsp3) is 0.316. The number of carbonyl (C=O) groups excluding carboxylic acids is 2. The van der Waals surface area contributed by atoms with Crippen molar-refractivity contribution in [2.24, 2.45) is 11.0 Å². The number of furan rings is 1. The van der Waals surface area contributed by atoms with E-state index >= 15 is 0 Å². The monoisotopic (exact) mass is 339 g/mol. The number of anilines is 1. The Morgan fingerprint density at radius 2 is 1.96 bits per heavy atom. The van der Waals surface area contributed by atoms with Gasteiger partial charge in [-0.15, -0.1) is 0 Å². The summed E-state index contributed by atoms with van der Waals surface area (Å²) in [7, 11) is 0. The largest absolute Gasteiger partial charge is 0.463 e. The summed E-state index contributed by atoms with van der Waals surface area (Å²) in [5.41, 5.74) is 2.45. The van der Waals surface area contributed by atoms with E-state index in [0.717, 1.165) is 17.0 Å². The molecule has 0 fully saturated rings. The molecule has 2 heterocycles.